The van der Waals surface area contributed by atoms with Crippen LogP contribution in [0.2, 0.25) is 5.02 Å². The number of fused-ring (bicyclic) bond motifs is 3. The fraction of sp³-hybridized carbons (Fsp3) is 0.130. The Kier molecular flexibility index (Phi) is 4.99. The van der Waals surface area contributed by atoms with Crippen molar-refractivity contribution < 1.29 is 19.4 Å². The lowest BCUT2D eigenvalue weighted by Crippen LogP contribution is -2.41. The van der Waals surface area contributed by atoms with Gasteiger partial charge in [0, 0.05) is 10.6 Å². The van der Waals surface area contributed by atoms with E-state index in [1.807, 2.05) is 48.5 Å². The van der Waals surface area contributed by atoms with Gasteiger partial charge >= 0.3 is 12.1 Å². The Bertz CT molecular complexity index is 1050. The number of methoxy groups -OCH3 is 1. The van der Waals surface area contributed by atoms with Crippen LogP contribution in [-0.2, 0) is 9.53 Å². The van der Waals surface area contributed by atoms with Gasteiger partial charge in [0.1, 0.15) is 0 Å². The van der Waals surface area contributed by atoms with E-state index >= 15 is 0 Å². The van der Waals surface area contributed by atoms with E-state index in [9.17, 15) is 14.7 Å². The molecule has 0 spiro atoms. The van der Waals surface area contributed by atoms with Gasteiger partial charge in [0.15, 0.2) is 6.04 Å². The minimum Gasteiger partial charge on any atom is -0.479 e. The highest BCUT2D eigenvalue weighted by atomic mass is 35.5. The molecule has 1 N–H and O–H groups in total. The molecule has 1 unspecified atom stereocenters. The number of carboxylic acids is 1. The average molecular weight is 408 g/mol. The minimum absolute atomic E-state index is 0.272. The Morgan fingerprint density at radius 2 is 1.45 bits per heavy atom. The van der Waals surface area contributed by atoms with Crippen molar-refractivity contribution in [1.29, 1.82) is 0 Å². The van der Waals surface area contributed by atoms with Gasteiger partial charge in [0.25, 0.3) is 0 Å². The van der Waals surface area contributed by atoms with Gasteiger partial charge in [-0.3, -0.25) is 4.90 Å². The summed E-state index contributed by atoms with van der Waals surface area (Å²) in [5, 5.41) is 10.4. The Morgan fingerprint density at radius 1 is 0.931 bits per heavy atom. The van der Waals surface area contributed by atoms with Crippen molar-refractivity contribution in [1.82, 2.24) is 4.90 Å². The quantitative estimate of drug-likeness (QED) is 0.636. The molecule has 0 fully saturated rings. The van der Waals surface area contributed by atoms with E-state index in [4.69, 9.17) is 16.3 Å². The van der Waals surface area contributed by atoms with Crippen LogP contribution in [0.15, 0.2) is 72.8 Å². The molecular formula is C23H18ClNO4. The summed E-state index contributed by atoms with van der Waals surface area (Å²) in [5.41, 5.74) is 3.94. The van der Waals surface area contributed by atoms with Crippen LogP contribution in [0.5, 0.6) is 0 Å². The minimum atomic E-state index is -1.32. The fourth-order valence-corrected chi connectivity index (χ4v) is 4.23. The lowest BCUT2D eigenvalue weighted by molar-refractivity contribution is -0.143. The molecule has 0 bridgehead atoms. The summed E-state index contributed by atoms with van der Waals surface area (Å²) in [6.45, 7) is 0. The average Bonchev–Trinajstić information content (AvgIpc) is 3.06. The topological polar surface area (TPSA) is 66.8 Å². The second-order valence-corrected chi connectivity index (χ2v) is 7.12. The lowest BCUT2D eigenvalue weighted by Gasteiger charge is -2.34. The summed E-state index contributed by atoms with van der Waals surface area (Å²) < 4.78 is 5.03. The second-order valence-electron chi connectivity index (χ2n) is 6.72. The molecule has 0 saturated carbocycles. The first-order chi connectivity index (χ1) is 14.0. The molecule has 1 aliphatic rings. The summed E-state index contributed by atoms with van der Waals surface area (Å²) in [6.07, 6.45) is -0.742. The molecule has 4 rings (SSSR count). The van der Waals surface area contributed by atoms with Crippen LogP contribution >= 0.6 is 11.6 Å². The maximum atomic E-state index is 12.9. The monoisotopic (exact) mass is 407 g/mol. The number of nitrogens with zero attached hydrogens (tertiary/aromatic N) is 1. The number of hydrogen-bond acceptors (Lipinski definition) is 3. The third kappa shape index (κ3) is 3.13. The lowest BCUT2D eigenvalue weighted by atomic mass is 9.98. The molecule has 146 valence electrons. The highest BCUT2D eigenvalue weighted by Crippen LogP contribution is 2.49. The number of aliphatic carboxylic acids is 1. The van der Waals surface area contributed by atoms with Gasteiger partial charge in [-0.25, -0.2) is 9.59 Å². The van der Waals surface area contributed by atoms with Crippen molar-refractivity contribution in [3.8, 4) is 11.1 Å². The molecule has 1 atom stereocenters. The van der Waals surface area contributed by atoms with Crippen LogP contribution in [0.25, 0.3) is 11.1 Å². The first-order valence-corrected chi connectivity index (χ1v) is 9.44. The number of halogens is 1. The summed E-state index contributed by atoms with van der Waals surface area (Å²) >= 11 is 6.32. The molecule has 0 heterocycles. The summed E-state index contributed by atoms with van der Waals surface area (Å²) in [7, 11) is 1.24. The van der Waals surface area contributed by atoms with Gasteiger partial charge in [-0.2, -0.15) is 0 Å². The van der Waals surface area contributed by atoms with Crippen LogP contribution in [0, 0.1) is 0 Å². The molecule has 0 aromatic heterocycles. The first-order valence-electron chi connectivity index (χ1n) is 9.06. The number of rotatable bonds is 4. The van der Waals surface area contributed by atoms with Crippen molar-refractivity contribution in [2.75, 3.05) is 7.11 Å². The largest absolute Gasteiger partial charge is 0.479 e. The van der Waals surface area contributed by atoms with E-state index in [2.05, 4.69) is 0 Å². The normalized spacial score (nSPS) is 13.3. The predicted octanol–water partition coefficient (Wildman–Crippen LogP) is 5.30. The predicted molar refractivity (Wildman–Crippen MR) is 110 cm³/mol. The molecule has 0 radical (unpaired) electrons. The zero-order chi connectivity index (χ0) is 20.5. The number of carbonyl (C=O) groups excluding carboxylic acids is 1. The number of benzene rings is 3. The van der Waals surface area contributed by atoms with Gasteiger partial charge in [-0.15, -0.1) is 0 Å². The zero-order valence-corrected chi connectivity index (χ0v) is 16.3. The van der Waals surface area contributed by atoms with Gasteiger partial charge in [-0.1, -0.05) is 78.3 Å². The standard InChI is InChI=1S/C23H18ClNO4/c1-29-23(28)25(21(22(26)27)18-12-6-7-13-19(18)24)20-16-10-4-2-8-14(16)15-9-3-5-11-17(15)20/h2-13,20-21H,1H3,(H,26,27). The highest BCUT2D eigenvalue weighted by Gasteiger charge is 2.43. The van der Waals surface area contributed by atoms with Gasteiger partial charge in [-0.05, 0) is 28.3 Å². The Morgan fingerprint density at radius 3 is 1.97 bits per heavy atom. The molecule has 6 heteroatoms. The van der Waals surface area contributed by atoms with E-state index in [-0.39, 0.29) is 5.02 Å². The van der Waals surface area contributed by atoms with E-state index < -0.39 is 24.1 Å². The van der Waals surface area contributed by atoms with Crippen LogP contribution in [-0.4, -0.2) is 29.2 Å². The Balaban J connectivity index is 1.96. The number of hydrogen-bond donors (Lipinski definition) is 1. The second kappa shape index (κ2) is 7.60. The van der Waals surface area contributed by atoms with Crippen LogP contribution in [0.3, 0.4) is 0 Å². The number of carbonyl (C=O) groups is 2. The molecule has 3 aromatic carbocycles. The number of carboxylic acid groups (broad SMARTS) is 1. The molecular weight excluding hydrogens is 390 g/mol. The van der Waals surface area contributed by atoms with Crippen molar-refractivity contribution in [3.05, 3.63) is 94.5 Å². The van der Waals surface area contributed by atoms with E-state index in [1.54, 1.807) is 24.3 Å². The molecule has 1 aliphatic carbocycles. The summed E-state index contributed by atoms with van der Waals surface area (Å²) in [4.78, 5) is 26.6. The molecule has 0 saturated heterocycles. The molecule has 29 heavy (non-hydrogen) atoms. The van der Waals surface area contributed by atoms with Crippen LogP contribution in [0.4, 0.5) is 4.79 Å². The Hall–Kier alpha value is -3.31. The molecule has 5 nitrogen and oxygen atoms in total. The molecule has 0 aliphatic heterocycles. The van der Waals surface area contributed by atoms with Gasteiger partial charge in [0.2, 0.25) is 0 Å². The van der Waals surface area contributed by atoms with E-state index in [1.165, 1.54) is 12.0 Å². The van der Waals surface area contributed by atoms with Crippen molar-refractivity contribution >= 4 is 23.7 Å². The molecule has 3 aromatic rings. The zero-order valence-electron chi connectivity index (χ0n) is 15.6. The maximum Gasteiger partial charge on any atom is 0.411 e. The Labute approximate surface area is 173 Å². The summed E-state index contributed by atoms with van der Waals surface area (Å²) in [6, 6.07) is 20.0. The van der Waals surface area contributed by atoms with Crippen LogP contribution in [0.1, 0.15) is 28.8 Å². The third-order valence-corrected chi connectivity index (χ3v) is 5.52. The van der Waals surface area contributed by atoms with Gasteiger partial charge < -0.3 is 9.84 Å². The maximum absolute atomic E-state index is 12.9. The SMILES string of the molecule is COC(=O)N(C(C(=O)O)c1ccccc1Cl)C1c2ccccc2-c2ccccc21. The first kappa shape index (κ1) is 19.0. The van der Waals surface area contributed by atoms with Gasteiger partial charge in [0.05, 0.1) is 13.2 Å². The number of amides is 1. The van der Waals surface area contributed by atoms with Crippen molar-refractivity contribution in [2.45, 2.75) is 12.1 Å². The van der Waals surface area contributed by atoms with Crippen LogP contribution < -0.4 is 0 Å². The highest BCUT2D eigenvalue weighted by molar-refractivity contribution is 6.31. The van der Waals surface area contributed by atoms with E-state index in [0.29, 0.717) is 5.56 Å². The van der Waals surface area contributed by atoms with Crippen molar-refractivity contribution in [3.63, 3.8) is 0 Å². The van der Waals surface area contributed by atoms with Crippen molar-refractivity contribution in [2.24, 2.45) is 0 Å². The van der Waals surface area contributed by atoms with E-state index in [0.717, 1.165) is 22.3 Å². The fourth-order valence-electron chi connectivity index (χ4n) is 3.99. The summed E-state index contributed by atoms with van der Waals surface area (Å²) in [5.74, 6) is -1.19. The number of ether oxygens (including phenoxy) is 1. The molecule has 1 amide bonds. The third-order valence-electron chi connectivity index (χ3n) is 5.18. The smallest absolute Gasteiger partial charge is 0.411 e.